The van der Waals surface area contributed by atoms with Crippen LogP contribution in [0.4, 0.5) is 17.1 Å². The molecule has 3 aromatic heterocycles. The first-order valence-corrected chi connectivity index (χ1v) is 24.9. The fourth-order valence-electron chi connectivity index (χ4n) is 12.9. The molecule has 0 aliphatic heterocycles. The molecule has 4 nitrogen and oxygen atoms in total. The topological polar surface area (TPSA) is 42.4 Å². The highest BCUT2D eigenvalue weighted by molar-refractivity contribution is 6.19. The van der Waals surface area contributed by atoms with Crippen LogP contribution >= 0.6 is 0 Å². The number of benzene rings is 8. The van der Waals surface area contributed by atoms with E-state index >= 15 is 0 Å². The zero-order valence-electron chi connectivity index (χ0n) is 41.3. The van der Waals surface area contributed by atoms with Crippen molar-refractivity contribution in [2.75, 3.05) is 4.90 Å². The molecule has 14 rings (SSSR count). The second-order valence-corrected chi connectivity index (χ2v) is 22.7. The van der Waals surface area contributed by atoms with Crippen molar-refractivity contribution in [3.05, 3.63) is 203 Å². The fraction of sp³-hybridized carbons (Fsp3) is 0.197. The van der Waals surface area contributed by atoms with Gasteiger partial charge in [-0.15, -0.1) is 0 Å². The van der Waals surface area contributed by atoms with Gasteiger partial charge in [0.05, 0.1) is 5.69 Å². The zero-order chi connectivity index (χ0) is 47.8. The van der Waals surface area contributed by atoms with Crippen LogP contribution < -0.4 is 4.90 Å². The van der Waals surface area contributed by atoms with E-state index in [-0.39, 0.29) is 21.7 Å². The number of rotatable bonds is 4. The Morgan fingerprint density at radius 2 is 0.957 bits per heavy atom. The minimum absolute atomic E-state index is 0.0265. The summed E-state index contributed by atoms with van der Waals surface area (Å²) in [5, 5.41) is 4.68. The molecule has 3 aliphatic rings. The molecule has 0 atom stereocenters. The van der Waals surface area contributed by atoms with E-state index in [1.54, 1.807) is 0 Å². The van der Waals surface area contributed by atoms with Crippen LogP contribution in [0.25, 0.3) is 88.5 Å². The van der Waals surface area contributed by atoms with Crippen LogP contribution in [0.5, 0.6) is 0 Å². The summed E-state index contributed by atoms with van der Waals surface area (Å²) in [4.78, 5) is 7.32. The lowest BCUT2D eigenvalue weighted by atomic mass is 9.79. The van der Waals surface area contributed by atoms with Gasteiger partial charge >= 0.3 is 0 Å². The smallest absolute Gasteiger partial charge is 0.145 e. The second-order valence-electron chi connectivity index (χ2n) is 22.7. The molecular weight excluding hydrogens is 853 g/mol. The molecule has 0 saturated heterocycles. The summed E-state index contributed by atoms with van der Waals surface area (Å²) in [6.45, 7) is 21.2. The van der Waals surface area contributed by atoms with Crippen molar-refractivity contribution >= 4 is 60.9 Å². The van der Waals surface area contributed by atoms with Crippen LogP contribution in [0.1, 0.15) is 101 Å². The van der Waals surface area contributed by atoms with Gasteiger partial charge in [-0.1, -0.05) is 135 Å². The van der Waals surface area contributed by atoms with Gasteiger partial charge in [0, 0.05) is 66.6 Å². The fourth-order valence-corrected chi connectivity index (χ4v) is 12.9. The molecular formula is C66H54N2O2. The molecule has 0 spiro atoms. The number of hydrogen-bond donors (Lipinski definition) is 0. The molecule has 0 N–H and O–H groups in total. The molecule has 3 aliphatic carbocycles. The molecule has 0 bridgehead atoms. The second kappa shape index (κ2) is 13.8. The third-order valence-electron chi connectivity index (χ3n) is 16.7. The van der Waals surface area contributed by atoms with Gasteiger partial charge in [0.25, 0.3) is 0 Å². The van der Waals surface area contributed by atoms with E-state index in [1.165, 1.54) is 83.1 Å². The predicted molar refractivity (Wildman–Crippen MR) is 290 cm³/mol. The van der Waals surface area contributed by atoms with Crippen LogP contribution in [-0.2, 0) is 21.7 Å². The Morgan fingerprint density at radius 3 is 1.66 bits per heavy atom. The van der Waals surface area contributed by atoms with Gasteiger partial charge in [0.15, 0.2) is 0 Å². The summed E-state index contributed by atoms with van der Waals surface area (Å²) in [6.07, 6.45) is 1.87. The highest BCUT2D eigenvalue weighted by Crippen LogP contribution is 2.60. The van der Waals surface area contributed by atoms with Crippen LogP contribution in [0.2, 0.25) is 0 Å². The van der Waals surface area contributed by atoms with Crippen LogP contribution in [0.15, 0.2) is 173 Å². The van der Waals surface area contributed by atoms with Crippen molar-refractivity contribution in [3.8, 4) is 44.6 Å². The molecule has 11 aromatic rings. The van der Waals surface area contributed by atoms with E-state index in [0.29, 0.717) is 0 Å². The van der Waals surface area contributed by atoms with E-state index in [2.05, 4.69) is 219 Å². The summed E-state index contributed by atoms with van der Waals surface area (Å²) in [6, 6.07) is 58.6. The molecule has 340 valence electrons. The standard InChI is InChI=1S/C66H54N2O2/c1-63(2,3)37-21-23-38(24-22-37)68(40-26-28-42-50(33-40)66(8,9)53-36-47(54-18-14-15-31-67-54)62-61(58(42)53)44-17-11-13-20-56(44)70-62)39-25-27-41-45-34-52-46(35-51(45)65(6,7)49(41)32-39)59-48(64(52,4)5)29-30-57-60(59)43-16-10-12-19-55(43)69-57/h10-36H,1-9H3. The number of pyridine rings is 1. The van der Waals surface area contributed by atoms with Crippen LogP contribution in [-0.4, -0.2) is 4.98 Å². The van der Waals surface area contributed by atoms with Gasteiger partial charge in [-0.3, -0.25) is 4.98 Å². The third kappa shape index (κ3) is 5.45. The molecule has 0 amide bonds. The summed E-state index contributed by atoms with van der Waals surface area (Å²) in [5.74, 6) is 0. The molecule has 70 heavy (non-hydrogen) atoms. The monoisotopic (exact) mass is 906 g/mol. The molecule has 0 saturated carbocycles. The number of nitrogens with zero attached hydrogens (tertiary/aromatic N) is 2. The lowest BCUT2D eigenvalue weighted by Gasteiger charge is -2.30. The molecule has 8 aromatic carbocycles. The van der Waals surface area contributed by atoms with Crippen molar-refractivity contribution < 1.29 is 8.83 Å². The summed E-state index contributed by atoms with van der Waals surface area (Å²) in [5.41, 5.74) is 25.4. The van der Waals surface area contributed by atoms with Crippen molar-refractivity contribution in [1.82, 2.24) is 4.98 Å². The maximum atomic E-state index is 6.76. The van der Waals surface area contributed by atoms with E-state index in [9.17, 15) is 0 Å². The molecule has 0 radical (unpaired) electrons. The first-order chi connectivity index (χ1) is 33.6. The van der Waals surface area contributed by atoms with Gasteiger partial charge in [-0.05, 0) is 163 Å². The van der Waals surface area contributed by atoms with Crippen LogP contribution in [0, 0.1) is 0 Å². The average molecular weight is 907 g/mol. The molecule has 3 heterocycles. The minimum Gasteiger partial charge on any atom is -0.456 e. The SMILES string of the molecule is CC(C)(C)c1ccc(N(c2ccc3c(c2)C(C)(C)c2cc4c(cc2-3)C(C)(C)c2ccc3oc5ccccc5c3c2-4)c2ccc3c(c2)C(C)(C)c2cc(-c4ccccn4)c4oc5ccccc5c4c2-3)cc1. The van der Waals surface area contributed by atoms with Crippen molar-refractivity contribution in [2.24, 2.45) is 0 Å². The van der Waals surface area contributed by atoms with E-state index in [1.807, 2.05) is 12.3 Å². The van der Waals surface area contributed by atoms with Crippen LogP contribution in [0.3, 0.4) is 0 Å². The summed E-state index contributed by atoms with van der Waals surface area (Å²) in [7, 11) is 0. The zero-order valence-corrected chi connectivity index (χ0v) is 41.3. The van der Waals surface area contributed by atoms with E-state index in [0.717, 1.165) is 61.4 Å². The Bertz CT molecular complexity index is 4060. The quantitative estimate of drug-likeness (QED) is 0.176. The van der Waals surface area contributed by atoms with Gasteiger partial charge in [0.1, 0.15) is 22.3 Å². The number of hydrogen-bond acceptors (Lipinski definition) is 4. The first kappa shape index (κ1) is 41.3. The lowest BCUT2D eigenvalue weighted by Crippen LogP contribution is -2.18. The van der Waals surface area contributed by atoms with Crippen molar-refractivity contribution in [1.29, 1.82) is 0 Å². The summed E-state index contributed by atoms with van der Waals surface area (Å²) < 4.78 is 13.2. The number of anilines is 3. The Hall–Kier alpha value is -7.69. The molecule has 4 heteroatoms. The number of furan rings is 2. The highest BCUT2D eigenvalue weighted by Gasteiger charge is 2.44. The van der Waals surface area contributed by atoms with E-state index in [4.69, 9.17) is 13.8 Å². The normalized spacial score (nSPS) is 15.6. The Labute approximate surface area is 409 Å². The minimum atomic E-state index is -0.318. The third-order valence-corrected chi connectivity index (χ3v) is 16.7. The maximum absolute atomic E-state index is 6.76. The Morgan fingerprint density at radius 1 is 0.414 bits per heavy atom. The van der Waals surface area contributed by atoms with Crippen molar-refractivity contribution in [2.45, 2.75) is 84.0 Å². The lowest BCUT2D eigenvalue weighted by molar-refractivity contribution is 0.590. The van der Waals surface area contributed by atoms with Gasteiger partial charge in [-0.2, -0.15) is 0 Å². The first-order valence-electron chi connectivity index (χ1n) is 24.9. The average Bonchev–Trinajstić information content (AvgIpc) is 4.10. The summed E-state index contributed by atoms with van der Waals surface area (Å²) >= 11 is 0. The largest absolute Gasteiger partial charge is 0.456 e. The number of fused-ring (bicyclic) bond motifs is 17. The highest BCUT2D eigenvalue weighted by atomic mass is 16.3. The molecule has 0 unspecified atom stereocenters. The molecule has 0 fully saturated rings. The Kier molecular flexibility index (Phi) is 8.12. The van der Waals surface area contributed by atoms with Gasteiger partial charge < -0.3 is 13.7 Å². The van der Waals surface area contributed by atoms with Gasteiger partial charge in [-0.25, -0.2) is 0 Å². The number of para-hydroxylation sites is 2. The predicted octanol–water partition coefficient (Wildman–Crippen LogP) is 18.2. The Balaban J connectivity index is 0.939. The van der Waals surface area contributed by atoms with E-state index < -0.39 is 0 Å². The number of aromatic nitrogens is 1. The van der Waals surface area contributed by atoms with Crippen molar-refractivity contribution in [3.63, 3.8) is 0 Å². The van der Waals surface area contributed by atoms with Gasteiger partial charge in [0.2, 0.25) is 0 Å². The maximum Gasteiger partial charge on any atom is 0.145 e.